The van der Waals surface area contributed by atoms with E-state index in [0.29, 0.717) is 5.57 Å². The van der Waals surface area contributed by atoms with Crippen LogP contribution in [0.15, 0.2) is 12.2 Å². The molecule has 2 N–H and O–H groups in total. The van der Waals surface area contributed by atoms with Gasteiger partial charge < -0.3 is 10.5 Å². The molecule has 0 spiro atoms. The lowest BCUT2D eigenvalue weighted by atomic mass is 10.3. The molecule has 0 aromatic carbocycles. The maximum atomic E-state index is 9.82. The van der Waals surface area contributed by atoms with E-state index in [9.17, 15) is 4.79 Å². The maximum absolute atomic E-state index is 9.82. The molecule has 1 amide bonds. The predicted molar refractivity (Wildman–Crippen MR) is 39.4 cm³/mol. The zero-order valence-electron chi connectivity index (χ0n) is 6.22. The molecular weight excluding hydrogens is 130 g/mol. The maximum Gasteiger partial charge on any atom is 0.243 e. The molecule has 1 rings (SSSR count). The first-order valence-corrected chi connectivity index (χ1v) is 3.17. The minimum Gasteiger partial charge on any atom is -0.381 e. The van der Waals surface area contributed by atoms with Crippen molar-refractivity contribution in [2.24, 2.45) is 5.73 Å². The lowest BCUT2D eigenvalue weighted by Crippen LogP contribution is -2.10. The fourth-order valence-corrected chi connectivity index (χ4v) is 0.144. The Labute approximate surface area is 60.9 Å². The minimum absolute atomic E-state index is 0.398. The molecule has 3 heteroatoms. The van der Waals surface area contributed by atoms with Crippen molar-refractivity contribution in [3.05, 3.63) is 12.2 Å². The molecule has 0 radical (unpaired) electrons. The molecule has 0 saturated carbocycles. The number of amides is 1. The summed E-state index contributed by atoms with van der Waals surface area (Å²) >= 11 is 0. The topological polar surface area (TPSA) is 52.3 Å². The van der Waals surface area contributed by atoms with E-state index < -0.39 is 5.91 Å². The van der Waals surface area contributed by atoms with Gasteiger partial charge in [-0.05, 0) is 13.3 Å². The Morgan fingerprint density at radius 1 is 1.60 bits per heavy atom. The highest BCUT2D eigenvalue weighted by Gasteiger charge is 1.94. The van der Waals surface area contributed by atoms with Crippen LogP contribution in [-0.4, -0.2) is 19.1 Å². The van der Waals surface area contributed by atoms with E-state index in [2.05, 4.69) is 6.58 Å². The van der Waals surface area contributed by atoms with Gasteiger partial charge in [0.25, 0.3) is 0 Å². The Kier molecular flexibility index (Phi) is 4.58. The van der Waals surface area contributed by atoms with E-state index in [1.165, 1.54) is 6.42 Å². The van der Waals surface area contributed by atoms with E-state index >= 15 is 0 Å². The van der Waals surface area contributed by atoms with Crippen molar-refractivity contribution in [1.29, 1.82) is 0 Å². The molecule has 0 atom stereocenters. The Morgan fingerprint density at radius 2 is 1.80 bits per heavy atom. The molecule has 1 aliphatic rings. The predicted octanol–water partition coefficient (Wildman–Crippen LogP) is 0.455. The van der Waals surface area contributed by atoms with Crippen molar-refractivity contribution < 1.29 is 9.53 Å². The van der Waals surface area contributed by atoms with Crippen LogP contribution < -0.4 is 5.73 Å². The van der Waals surface area contributed by atoms with Gasteiger partial charge in [-0.1, -0.05) is 6.58 Å². The van der Waals surface area contributed by atoms with Gasteiger partial charge in [-0.15, -0.1) is 0 Å². The Morgan fingerprint density at radius 3 is 1.80 bits per heavy atom. The number of hydrogen-bond donors (Lipinski definition) is 1. The summed E-state index contributed by atoms with van der Waals surface area (Å²) in [4.78, 5) is 9.82. The van der Waals surface area contributed by atoms with Crippen molar-refractivity contribution in [3.63, 3.8) is 0 Å². The molecule has 0 unspecified atom stereocenters. The molecule has 3 nitrogen and oxygen atoms in total. The molecule has 1 aliphatic heterocycles. The minimum atomic E-state index is -0.435. The van der Waals surface area contributed by atoms with Gasteiger partial charge >= 0.3 is 0 Å². The number of rotatable bonds is 1. The Hall–Kier alpha value is -0.830. The molecule has 58 valence electrons. The fraction of sp³-hybridized carbons (Fsp3) is 0.571. The summed E-state index contributed by atoms with van der Waals surface area (Å²) in [5.74, 6) is -0.435. The Balaban J connectivity index is 0.000000172. The normalized spacial score (nSPS) is 14.1. The van der Waals surface area contributed by atoms with Gasteiger partial charge in [0.2, 0.25) is 5.91 Å². The molecule has 0 aliphatic carbocycles. The number of primary amides is 1. The van der Waals surface area contributed by atoms with E-state index in [4.69, 9.17) is 10.5 Å². The SMILES string of the molecule is C1COC1.C=C(C)C(N)=O. The first-order chi connectivity index (χ1) is 4.64. The smallest absolute Gasteiger partial charge is 0.243 e. The van der Waals surface area contributed by atoms with Gasteiger partial charge in [0.05, 0.1) is 0 Å². The zero-order valence-corrected chi connectivity index (χ0v) is 6.22. The highest BCUT2D eigenvalue weighted by molar-refractivity contribution is 5.90. The second-order valence-corrected chi connectivity index (χ2v) is 2.11. The second-order valence-electron chi connectivity index (χ2n) is 2.11. The van der Waals surface area contributed by atoms with E-state index in [0.717, 1.165) is 13.2 Å². The van der Waals surface area contributed by atoms with Crippen LogP contribution in [-0.2, 0) is 9.53 Å². The molecular formula is C7H13NO2. The van der Waals surface area contributed by atoms with Crippen LogP contribution in [0.2, 0.25) is 0 Å². The molecule has 0 aromatic heterocycles. The summed E-state index contributed by atoms with van der Waals surface area (Å²) in [5, 5.41) is 0. The quantitative estimate of drug-likeness (QED) is 0.542. The largest absolute Gasteiger partial charge is 0.381 e. The van der Waals surface area contributed by atoms with Crippen LogP contribution in [0.5, 0.6) is 0 Å². The molecule has 1 fully saturated rings. The van der Waals surface area contributed by atoms with E-state index in [1.54, 1.807) is 6.92 Å². The zero-order chi connectivity index (χ0) is 7.98. The summed E-state index contributed by atoms with van der Waals surface area (Å²) in [6, 6.07) is 0. The van der Waals surface area contributed by atoms with Crippen molar-refractivity contribution in [2.45, 2.75) is 13.3 Å². The summed E-state index contributed by atoms with van der Waals surface area (Å²) in [5.41, 5.74) is 5.09. The average Bonchev–Trinajstić information content (AvgIpc) is 1.59. The highest BCUT2D eigenvalue weighted by atomic mass is 16.5. The number of carbonyl (C=O) groups excluding carboxylic acids is 1. The lowest BCUT2D eigenvalue weighted by molar-refractivity contribution is -0.114. The first kappa shape index (κ1) is 9.17. The van der Waals surface area contributed by atoms with Crippen LogP contribution in [0.1, 0.15) is 13.3 Å². The van der Waals surface area contributed by atoms with E-state index in [-0.39, 0.29) is 0 Å². The third kappa shape index (κ3) is 5.31. The van der Waals surface area contributed by atoms with Crippen LogP contribution in [0.25, 0.3) is 0 Å². The summed E-state index contributed by atoms with van der Waals surface area (Å²) in [6.45, 7) is 6.85. The fourth-order valence-electron chi connectivity index (χ4n) is 0.144. The van der Waals surface area contributed by atoms with Crippen molar-refractivity contribution in [2.75, 3.05) is 13.2 Å². The van der Waals surface area contributed by atoms with Crippen LogP contribution in [0.3, 0.4) is 0 Å². The van der Waals surface area contributed by atoms with Crippen LogP contribution >= 0.6 is 0 Å². The molecule has 10 heavy (non-hydrogen) atoms. The third-order valence-corrected chi connectivity index (χ3v) is 0.998. The van der Waals surface area contributed by atoms with Crippen molar-refractivity contribution >= 4 is 5.91 Å². The van der Waals surface area contributed by atoms with Gasteiger partial charge in [0.1, 0.15) is 0 Å². The molecule has 0 bridgehead atoms. The Bertz CT molecular complexity index is 112. The first-order valence-electron chi connectivity index (χ1n) is 3.17. The van der Waals surface area contributed by atoms with Gasteiger partial charge in [0.15, 0.2) is 0 Å². The third-order valence-electron chi connectivity index (χ3n) is 0.998. The molecule has 1 saturated heterocycles. The number of hydrogen-bond acceptors (Lipinski definition) is 2. The summed E-state index contributed by atoms with van der Waals surface area (Å²) < 4.78 is 4.72. The average molecular weight is 143 g/mol. The number of carbonyl (C=O) groups is 1. The second kappa shape index (κ2) is 4.99. The van der Waals surface area contributed by atoms with Crippen LogP contribution in [0.4, 0.5) is 0 Å². The van der Waals surface area contributed by atoms with Crippen molar-refractivity contribution in [1.82, 2.24) is 0 Å². The van der Waals surface area contributed by atoms with Gasteiger partial charge in [-0.25, -0.2) is 0 Å². The molecule has 0 aromatic rings. The number of ether oxygens (including phenoxy) is 1. The van der Waals surface area contributed by atoms with Gasteiger partial charge in [-0.2, -0.15) is 0 Å². The molecule has 1 heterocycles. The van der Waals surface area contributed by atoms with Gasteiger partial charge in [-0.3, -0.25) is 4.79 Å². The lowest BCUT2D eigenvalue weighted by Gasteiger charge is -2.09. The standard InChI is InChI=1S/C4H7NO.C3H6O/c1-3(2)4(5)6;1-2-4-3-1/h1H2,2H3,(H2,5,6);1-3H2. The summed E-state index contributed by atoms with van der Waals surface area (Å²) in [6.07, 6.45) is 1.28. The highest BCUT2D eigenvalue weighted by Crippen LogP contribution is 1.93. The van der Waals surface area contributed by atoms with Crippen LogP contribution in [0, 0.1) is 0 Å². The van der Waals surface area contributed by atoms with Crippen molar-refractivity contribution in [3.8, 4) is 0 Å². The number of nitrogens with two attached hydrogens (primary N) is 1. The summed E-state index contributed by atoms with van der Waals surface area (Å²) in [7, 11) is 0. The monoisotopic (exact) mass is 143 g/mol. The van der Waals surface area contributed by atoms with Gasteiger partial charge in [0, 0.05) is 18.8 Å². The van der Waals surface area contributed by atoms with E-state index in [1.807, 2.05) is 0 Å².